The number of aromatic nitrogens is 2. The van der Waals surface area contributed by atoms with Crippen LogP contribution in [0.3, 0.4) is 0 Å². The third-order valence-electron chi connectivity index (χ3n) is 0.928. The minimum atomic E-state index is -3.78. The maximum absolute atomic E-state index is 10.5. The van der Waals surface area contributed by atoms with E-state index in [9.17, 15) is 13.2 Å². The van der Waals surface area contributed by atoms with Crippen LogP contribution in [0.5, 0.6) is 0 Å². The van der Waals surface area contributed by atoms with Crippen LogP contribution in [0.25, 0.3) is 0 Å². The van der Waals surface area contributed by atoms with Crippen molar-refractivity contribution in [3.05, 3.63) is 22.9 Å². The largest absolute Gasteiger partial charge is 0.344 e. The van der Waals surface area contributed by atoms with Gasteiger partial charge in [0.2, 0.25) is 0 Å². The fourth-order valence-electron chi connectivity index (χ4n) is 0.463. The van der Waals surface area contributed by atoms with Crippen molar-refractivity contribution < 1.29 is 8.42 Å². The van der Waals surface area contributed by atoms with Crippen molar-refractivity contribution in [2.45, 2.75) is 4.90 Å². The number of halogens is 1. The Kier molecular flexibility index (Phi) is 1.97. The lowest BCUT2D eigenvalue weighted by atomic mass is 10.7. The molecule has 1 aromatic heterocycles. The molecule has 0 aliphatic rings. The summed E-state index contributed by atoms with van der Waals surface area (Å²) in [5.41, 5.74) is -0.617. The molecular formula is C4H3ClN2O3S. The molecule has 0 spiro atoms. The minimum absolute atomic E-state index is 0.223. The maximum atomic E-state index is 10.5. The number of rotatable bonds is 1. The lowest BCUT2D eigenvalue weighted by Crippen LogP contribution is -2.09. The quantitative estimate of drug-likeness (QED) is 0.623. The molecule has 1 heterocycles. The highest BCUT2D eigenvalue weighted by atomic mass is 35.7. The monoisotopic (exact) mass is 194 g/mol. The lowest BCUT2D eigenvalue weighted by molar-refractivity contribution is 0.608. The molecule has 0 aromatic carbocycles. The van der Waals surface area contributed by atoms with Crippen LogP contribution in [0.1, 0.15) is 0 Å². The van der Waals surface area contributed by atoms with Gasteiger partial charge in [-0.05, 0) is 0 Å². The van der Waals surface area contributed by atoms with E-state index < -0.39 is 14.7 Å². The number of nitrogens with one attached hydrogen (secondary N) is 1. The van der Waals surface area contributed by atoms with Crippen molar-refractivity contribution in [2.24, 2.45) is 0 Å². The Morgan fingerprint density at radius 3 is 2.55 bits per heavy atom. The van der Waals surface area contributed by atoms with Gasteiger partial charge in [0.15, 0.2) is 0 Å². The number of nitrogens with zero attached hydrogens (tertiary/aromatic N) is 1. The summed E-state index contributed by atoms with van der Waals surface area (Å²) >= 11 is 0. The number of H-pyrrole nitrogens is 1. The van der Waals surface area contributed by atoms with E-state index in [0.29, 0.717) is 0 Å². The average molecular weight is 195 g/mol. The smallest absolute Gasteiger partial charge is 0.311 e. The Morgan fingerprint density at radius 2 is 2.18 bits per heavy atom. The Balaban J connectivity index is 3.31. The molecule has 0 amide bonds. The van der Waals surface area contributed by atoms with Gasteiger partial charge in [0.1, 0.15) is 4.90 Å². The molecule has 1 rings (SSSR count). The van der Waals surface area contributed by atoms with Gasteiger partial charge in [-0.25, -0.2) is 18.2 Å². The number of hydrogen-bond donors (Lipinski definition) is 1. The van der Waals surface area contributed by atoms with Crippen molar-refractivity contribution in [1.29, 1.82) is 0 Å². The molecule has 7 heteroatoms. The van der Waals surface area contributed by atoms with Crippen molar-refractivity contribution in [3.63, 3.8) is 0 Å². The molecular weight excluding hydrogens is 192 g/mol. The minimum Gasteiger partial charge on any atom is -0.311 e. The second-order valence-electron chi connectivity index (χ2n) is 1.69. The molecule has 0 saturated heterocycles. The van der Waals surface area contributed by atoms with Crippen LogP contribution in [0.15, 0.2) is 22.1 Å². The molecule has 0 atom stereocenters. The summed E-state index contributed by atoms with van der Waals surface area (Å²) in [6, 6.07) is 0. The van der Waals surface area contributed by atoms with Crippen molar-refractivity contribution in [1.82, 2.24) is 9.97 Å². The van der Waals surface area contributed by atoms with Gasteiger partial charge in [0.25, 0.3) is 9.05 Å². The van der Waals surface area contributed by atoms with Crippen LogP contribution in [-0.4, -0.2) is 18.4 Å². The van der Waals surface area contributed by atoms with Gasteiger partial charge in [-0.3, -0.25) is 0 Å². The Morgan fingerprint density at radius 1 is 1.55 bits per heavy atom. The highest BCUT2D eigenvalue weighted by Gasteiger charge is 2.08. The standard InChI is InChI=1S/C4H3ClN2O3S/c5-11(9,10)3-1-6-4(8)7-2-3/h1-2H,(H,6,7,8). The van der Waals surface area contributed by atoms with Gasteiger partial charge in [-0.2, -0.15) is 0 Å². The van der Waals surface area contributed by atoms with E-state index in [1.165, 1.54) is 0 Å². The van der Waals surface area contributed by atoms with Gasteiger partial charge in [0.05, 0.1) is 6.20 Å². The molecule has 0 saturated carbocycles. The van der Waals surface area contributed by atoms with E-state index in [0.717, 1.165) is 12.4 Å². The predicted octanol–water partition coefficient (Wildman–Crippen LogP) is -0.303. The first-order valence-electron chi connectivity index (χ1n) is 2.49. The van der Waals surface area contributed by atoms with E-state index in [1.54, 1.807) is 0 Å². The van der Waals surface area contributed by atoms with Gasteiger partial charge in [0, 0.05) is 16.9 Å². The topological polar surface area (TPSA) is 79.9 Å². The highest BCUT2D eigenvalue weighted by molar-refractivity contribution is 8.13. The van der Waals surface area contributed by atoms with Crippen LogP contribution in [0.4, 0.5) is 0 Å². The predicted molar refractivity (Wildman–Crippen MR) is 37.9 cm³/mol. The van der Waals surface area contributed by atoms with Gasteiger partial charge >= 0.3 is 5.69 Å². The Hall–Kier alpha value is -0.880. The molecule has 1 aromatic rings. The Bertz CT molecular complexity index is 389. The first kappa shape index (κ1) is 8.22. The van der Waals surface area contributed by atoms with Crippen LogP contribution in [0.2, 0.25) is 0 Å². The van der Waals surface area contributed by atoms with E-state index in [-0.39, 0.29) is 4.90 Å². The summed E-state index contributed by atoms with van der Waals surface area (Å²) in [7, 11) is 1.14. The SMILES string of the molecule is O=c1ncc(S(=O)(=O)Cl)c[nH]1. The summed E-state index contributed by atoms with van der Waals surface area (Å²) in [6.45, 7) is 0. The first-order chi connectivity index (χ1) is 5.00. The molecule has 0 aliphatic carbocycles. The summed E-state index contributed by atoms with van der Waals surface area (Å²) in [5.74, 6) is 0. The number of aromatic amines is 1. The molecule has 0 radical (unpaired) electrons. The summed E-state index contributed by atoms with van der Waals surface area (Å²) in [4.78, 5) is 15.4. The van der Waals surface area contributed by atoms with Gasteiger partial charge in [-0.1, -0.05) is 0 Å². The van der Waals surface area contributed by atoms with Crippen LogP contribution in [0, 0.1) is 0 Å². The van der Waals surface area contributed by atoms with E-state index >= 15 is 0 Å². The molecule has 0 fully saturated rings. The molecule has 0 aliphatic heterocycles. The van der Waals surface area contributed by atoms with Gasteiger partial charge in [-0.15, -0.1) is 0 Å². The molecule has 0 bridgehead atoms. The maximum Gasteiger partial charge on any atom is 0.344 e. The van der Waals surface area contributed by atoms with Crippen LogP contribution in [-0.2, 0) is 9.05 Å². The van der Waals surface area contributed by atoms with E-state index in [4.69, 9.17) is 10.7 Å². The highest BCUT2D eigenvalue weighted by Crippen LogP contribution is 2.09. The van der Waals surface area contributed by atoms with Crippen molar-refractivity contribution in [2.75, 3.05) is 0 Å². The first-order valence-corrected chi connectivity index (χ1v) is 4.80. The summed E-state index contributed by atoms with van der Waals surface area (Å²) < 4.78 is 21.1. The molecule has 60 valence electrons. The third-order valence-corrected chi connectivity index (χ3v) is 2.25. The molecule has 0 unspecified atom stereocenters. The fraction of sp³-hybridized carbons (Fsp3) is 0. The van der Waals surface area contributed by atoms with E-state index in [1.807, 2.05) is 0 Å². The second-order valence-corrected chi connectivity index (χ2v) is 4.26. The molecule has 5 nitrogen and oxygen atoms in total. The summed E-state index contributed by atoms with van der Waals surface area (Å²) in [6.07, 6.45) is 1.87. The van der Waals surface area contributed by atoms with Crippen LogP contribution >= 0.6 is 10.7 Å². The Labute approximate surface area is 66.5 Å². The molecule has 1 N–H and O–H groups in total. The van der Waals surface area contributed by atoms with Gasteiger partial charge < -0.3 is 4.98 Å². The fourth-order valence-corrected chi connectivity index (χ4v) is 1.09. The zero-order valence-electron chi connectivity index (χ0n) is 5.11. The third kappa shape index (κ3) is 2.02. The normalized spacial score (nSPS) is 11.4. The van der Waals surface area contributed by atoms with Crippen molar-refractivity contribution in [3.8, 4) is 0 Å². The zero-order valence-corrected chi connectivity index (χ0v) is 6.69. The zero-order chi connectivity index (χ0) is 8.48. The van der Waals surface area contributed by atoms with E-state index in [2.05, 4.69) is 9.97 Å². The summed E-state index contributed by atoms with van der Waals surface area (Å²) in [5, 5.41) is 0. The second kappa shape index (κ2) is 2.63. The lowest BCUT2D eigenvalue weighted by Gasteiger charge is -1.90. The van der Waals surface area contributed by atoms with Crippen molar-refractivity contribution >= 4 is 19.7 Å². The molecule has 11 heavy (non-hydrogen) atoms. The van der Waals surface area contributed by atoms with Crippen LogP contribution < -0.4 is 5.69 Å². The number of hydrogen-bond acceptors (Lipinski definition) is 4. The average Bonchev–Trinajstić information content (AvgIpc) is 1.86.